The molecule has 1 aromatic carbocycles. The van der Waals surface area contributed by atoms with Crippen LogP contribution in [0.5, 0.6) is 0 Å². The monoisotopic (exact) mass is 392 g/mol. The third kappa shape index (κ3) is 5.94. The van der Waals surface area contributed by atoms with E-state index in [1.807, 2.05) is 12.4 Å². The zero-order chi connectivity index (χ0) is 18.9. The number of benzene rings is 1. The number of carboxylic acid groups (broad SMARTS) is 1. The van der Waals surface area contributed by atoms with Gasteiger partial charge in [0.15, 0.2) is 0 Å². The third-order valence-corrected chi connectivity index (χ3v) is 4.39. The molecule has 1 aromatic heterocycles. The fourth-order valence-electron chi connectivity index (χ4n) is 2.47. The van der Waals surface area contributed by atoms with E-state index in [1.54, 1.807) is 6.07 Å². The number of piperazine rings is 1. The molecule has 2 aromatic rings. The fourth-order valence-corrected chi connectivity index (χ4v) is 2.86. The first-order chi connectivity index (χ1) is 12.5. The Kier molecular flexibility index (Phi) is 7.77. The topological polar surface area (TPSA) is 68.7 Å². The van der Waals surface area contributed by atoms with Crippen LogP contribution in [0.15, 0.2) is 42.7 Å². The molecule has 0 bridgehead atoms. The van der Waals surface area contributed by atoms with E-state index in [-0.39, 0.29) is 10.6 Å². The molecule has 0 aliphatic carbocycles. The van der Waals surface area contributed by atoms with Gasteiger partial charge in [-0.25, -0.2) is 4.79 Å². The van der Waals surface area contributed by atoms with E-state index in [1.165, 1.54) is 23.3 Å². The summed E-state index contributed by atoms with van der Waals surface area (Å²) in [5.74, 6) is -1.04. The lowest BCUT2D eigenvalue weighted by molar-refractivity contribution is 0.0697. The summed E-state index contributed by atoms with van der Waals surface area (Å²) in [5, 5.41) is 11.6. The number of thiocarbonyl (C=S) groups is 1. The highest BCUT2D eigenvalue weighted by atomic mass is 35.5. The Hall–Kier alpha value is -2.22. The molecule has 0 unspecified atom stereocenters. The molecule has 1 saturated heterocycles. The third-order valence-electron chi connectivity index (χ3n) is 3.96. The second-order valence-electron chi connectivity index (χ2n) is 5.76. The minimum atomic E-state index is -1.04. The quantitative estimate of drug-likeness (QED) is 0.774. The number of nitrogens with one attached hydrogen (secondary N) is 1. The van der Waals surface area contributed by atoms with Gasteiger partial charge in [0.2, 0.25) is 0 Å². The number of likely N-dealkylation sites (N-methyl/N-ethyl adjacent to an activating group) is 1. The number of rotatable bonds is 4. The van der Waals surface area contributed by atoms with E-state index in [4.69, 9.17) is 16.7 Å². The molecule has 1 aliphatic heterocycles. The van der Waals surface area contributed by atoms with Gasteiger partial charge in [0, 0.05) is 49.9 Å². The number of halogens is 1. The summed E-state index contributed by atoms with van der Waals surface area (Å²) in [4.78, 5) is 19.3. The summed E-state index contributed by atoms with van der Waals surface area (Å²) in [6, 6.07) is 8.68. The predicted octanol–water partition coefficient (Wildman–Crippen LogP) is 3.24. The summed E-state index contributed by atoms with van der Waals surface area (Å²) >= 11 is 10.3. The molecule has 0 atom stereocenters. The number of nitrogens with zero attached hydrogens (tertiary/aromatic N) is 3. The van der Waals surface area contributed by atoms with Crippen molar-refractivity contribution in [3.63, 3.8) is 0 Å². The van der Waals surface area contributed by atoms with E-state index < -0.39 is 5.97 Å². The molecule has 1 fully saturated rings. The first-order valence-corrected chi connectivity index (χ1v) is 8.92. The maximum Gasteiger partial charge on any atom is 0.337 e. The summed E-state index contributed by atoms with van der Waals surface area (Å²) < 4.78 is 0. The van der Waals surface area contributed by atoms with Gasteiger partial charge in [-0.2, -0.15) is 0 Å². The van der Waals surface area contributed by atoms with Crippen LogP contribution < -0.4 is 10.2 Å². The van der Waals surface area contributed by atoms with Crippen LogP contribution in [0.2, 0.25) is 5.02 Å². The van der Waals surface area contributed by atoms with E-state index in [0.29, 0.717) is 5.69 Å². The molecule has 0 amide bonds. The van der Waals surface area contributed by atoms with Crippen LogP contribution in [-0.4, -0.2) is 59.7 Å². The second-order valence-corrected chi connectivity index (χ2v) is 6.40. The Bertz CT molecular complexity index is 737. The molecular weight excluding hydrogens is 372 g/mol. The molecule has 1 aliphatic rings. The number of aromatic nitrogens is 1. The minimum absolute atomic E-state index is 0.0802. The summed E-state index contributed by atoms with van der Waals surface area (Å²) in [5.41, 5.74) is 3.37. The predicted molar refractivity (Wildman–Crippen MR) is 110 cm³/mol. The Morgan fingerprint density at radius 2 is 1.88 bits per heavy atom. The molecule has 3 rings (SSSR count). The number of hydrogen-bond acceptors (Lipinski definition) is 5. The van der Waals surface area contributed by atoms with Crippen LogP contribution in [0.25, 0.3) is 0 Å². The van der Waals surface area contributed by atoms with E-state index in [2.05, 4.69) is 51.5 Å². The number of carbonyl (C=O) groups is 1. The van der Waals surface area contributed by atoms with Crippen molar-refractivity contribution in [1.82, 2.24) is 9.88 Å². The van der Waals surface area contributed by atoms with Gasteiger partial charge in [0.05, 0.1) is 16.1 Å². The molecule has 2 N–H and O–H groups in total. The number of aromatic carboxylic acids is 1. The summed E-state index contributed by atoms with van der Waals surface area (Å²) in [6.07, 6.45) is 3.71. The first kappa shape index (κ1) is 20.1. The largest absolute Gasteiger partial charge is 0.478 e. The van der Waals surface area contributed by atoms with Crippen LogP contribution >= 0.6 is 23.8 Å². The molecule has 0 radical (unpaired) electrons. The number of carboxylic acids is 1. The Morgan fingerprint density at radius 3 is 2.42 bits per heavy atom. The van der Waals surface area contributed by atoms with Gasteiger partial charge < -0.3 is 20.2 Å². The van der Waals surface area contributed by atoms with Gasteiger partial charge in [-0.05, 0) is 37.4 Å². The normalized spacial score (nSPS) is 14.2. The minimum Gasteiger partial charge on any atom is -0.478 e. The number of hydrogen-bond donors (Lipinski definition) is 2. The average Bonchev–Trinajstić information content (AvgIpc) is 2.64. The van der Waals surface area contributed by atoms with Gasteiger partial charge in [0.25, 0.3) is 0 Å². The molecular formula is C18H21ClN4O2S. The van der Waals surface area contributed by atoms with Crippen molar-refractivity contribution in [2.45, 2.75) is 0 Å². The Balaban J connectivity index is 0.000000187. The van der Waals surface area contributed by atoms with Gasteiger partial charge >= 0.3 is 5.97 Å². The molecule has 0 saturated carbocycles. The van der Waals surface area contributed by atoms with Crippen molar-refractivity contribution < 1.29 is 9.90 Å². The molecule has 2 heterocycles. The van der Waals surface area contributed by atoms with Gasteiger partial charge in [-0.3, -0.25) is 4.98 Å². The van der Waals surface area contributed by atoms with Crippen LogP contribution in [0.4, 0.5) is 11.4 Å². The number of pyridine rings is 1. The zero-order valence-corrected chi connectivity index (χ0v) is 16.0. The van der Waals surface area contributed by atoms with Gasteiger partial charge in [-0.15, -0.1) is 0 Å². The highest BCUT2D eigenvalue weighted by Gasteiger charge is 2.13. The Labute approximate surface area is 163 Å². The molecule has 0 spiro atoms. The fraction of sp³-hybridized carbons (Fsp3) is 0.278. The molecule has 6 nitrogen and oxygen atoms in total. The Morgan fingerprint density at radius 1 is 1.23 bits per heavy atom. The van der Waals surface area contributed by atoms with Gasteiger partial charge in [-0.1, -0.05) is 23.8 Å². The van der Waals surface area contributed by atoms with Crippen molar-refractivity contribution in [3.05, 3.63) is 53.3 Å². The lowest BCUT2D eigenvalue weighted by Gasteiger charge is -2.33. The smallest absolute Gasteiger partial charge is 0.337 e. The molecule has 138 valence electrons. The van der Waals surface area contributed by atoms with E-state index >= 15 is 0 Å². The van der Waals surface area contributed by atoms with Gasteiger partial charge in [0.1, 0.15) is 0 Å². The van der Waals surface area contributed by atoms with E-state index in [9.17, 15) is 4.79 Å². The number of anilines is 2. The second kappa shape index (κ2) is 10.1. The van der Waals surface area contributed by atoms with Crippen molar-refractivity contribution in [2.24, 2.45) is 0 Å². The van der Waals surface area contributed by atoms with Crippen LogP contribution in [-0.2, 0) is 0 Å². The molecule has 26 heavy (non-hydrogen) atoms. The maximum atomic E-state index is 10.6. The van der Waals surface area contributed by atoms with Crippen LogP contribution in [0, 0.1) is 0 Å². The lowest BCUT2D eigenvalue weighted by Crippen LogP contribution is -2.44. The van der Waals surface area contributed by atoms with Crippen LogP contribution in [0.1, 0.15) is 10.4 Å². The molecule has 8 heteroatoms. The summed E-state index contributed by atoms with van der Waals surface area (Å²) in [7, 11) is 2.17. The highest BCUT2D eigenvalue weighted by Crippen LogP contribution is 2.20. The standard InChI is InChI=1S/C10H15N3.C8H6ClNO2S/c1-12-6-8-13(9-7-12)10-2-4-11-5-3-10;9-7-3-5(10-4-13)1-2-6(7)8(11)12/h2-5H,6-9H2,1H3;1-4H,(H,10,13)(H,11,12). The lowest BCUT2D eigenvalue weighted by atomic mass is 10.2. The van der Waals surface area contributed by atoms with E-state index in [0.717, 1.165) is 26.2 Å². The van der Waals surface area contributed by atoms with Crippen molar-refractivity contribution >= 4 is 46.7 Å². The van der Waals surface area contributed by atoms with Crippen molar-refractivity contribution in [2.75, 3.05) is 43.4 Å². The first-order valence-electron chi connectivity index (χ1n) is 8.08. The SMILES string of the molecule is CN1CCN(c2ccncc2)CC1.O=C(O)c1ccc(NC=S)cc1Cl. The average molecular weight is 393 g/mol. The van der Waals surface area contributed by atoms with Crippen LogP contribution in [0.3, 0.4) is 0 Å². The van der Waals surface area contributed by atoms with Crippen molar-refractivity contribution in [3.8, 4) is 0 Å². The maximum absolute atomic E-state index is 10.6. The highest BCUT2D eigenvalue weighted by molar-refractivity contribution is 7.79. The van der Waals surface area contributed by atoms with Crippen molar-refractivity contribution in [1.29, 1.82) is 0 Å². The summed E-state index contributed by atoms with van der Waals surface area (Å²) in [6.45, 7) is 4.56. The zero-order valence-electron chi connectivity index (χ0n) is 14.4.